The second-order valence-corrected chi connectivity index (χ2v) is 6.82. The fourth-order valence-corrected chi connectivity index (χ4v) is 3.60. The predicted molar refractivity (Wildman–Crippen MR) is 91.7 cm³/mol. The number of aromatic nitrogens is 2. The van der Waals surface area contributed by atoms with Gasteiger partial charge in [0.15, 0.2) is 4.96 Å². The van der Waals surface area contributed by atoms with Gasteiger partial charge in [0.2, 0.25) is 0 Å². The minimum absolute atomic E-state index is 0.168. The highest BCUT2D eigenvalue weighted by molar-refractivity contribution is 7.17. The SMILES string of the molecule is CNC(=O)c1c(C)sc2nc(Cc3ccc(Cl)cc3F)cc(=O)n12. The lowest BCUT2D eigenvalue weighted by Gasteiger charge is -2.05. The molecule has 1 aromatic carbocycles. The molecular weight excluding hydrogens is 353 g/mol. The minimum Gasteiger partial charge on any atom is -0.354 e. The molecule has 0 saturated carbocycles. The highest BCUT2D eigenvalue weighted by Gasteiger charge is 2.18. The van der Waals surface area contributed by atoms with E-state index in [1.54, 1.807) is 19.1 Å². The lowest BCUT2D eigenvalue weighted by Crippen LogP contribution is -2.25. The van der Waals surface area contributed by atoms with Crippen molar-refractivity contribution in [2.24, 2.45) is 0 Å². The molecule has 24 heavy (non-hydrogen) atoms. The average molecular weight is 366 g/mol. The molecule has 0 radical (unpaired) electrons. The van der Waals surface area contributed by atoms with Gasteiger partial charge in [-0.1, -0.05) is 17.7 Å². The lowest BCUT2D eigenvalue weighted by molar-refractivity contribution is 0.0956. The molecule has 3 aromatic rings. The zero-order chi connectivity index (χ0) is 17.4. The van der Waals surface area contributed by atoms with Gasteiger partial charge < -0.3 is 5.32 Å². The maximum absolute atomic E-state index is 13.9. The molecule has 1 amide bonds. The summed E-state index contributed by atoms with van der Waals surface area (Å²) >= 11 is 6.99. The Morgan fingerprint density at radius 1 is 1.42 bits per heavy atom. The van der Waals surface area contributed by atoms with Crippen LogP contribution < -0.4 is 10.9 Å². The van der Waals surface area contributed by atoms with Gasteiger partial charge in [0, 0.05) is 29.4 Å². The maximum Gasteiger partial charge on any atom is 0.269 e. The Kier molecular flexibility index (Phi) is 4.38. The summed E-state index contributed by atoms with van der Waals surface area (Å²) in [4.78, 5) is 29.9. The zero-order valence-corrected chi connectivity index (χ0v) is 14.5. The van der Waals surface area contributed by atoms with Crippen molar-refractivity contribution < 1.29 is 9.18 Å². The van der Waals surface area contributed by atoms with Crippen molar-refractivity contribution in [1.82, 2.24) is 14.7 Å². The van der Waals surface area contributed by atoms with Gasteiger partial charge >= 0.3 is 0 Å². The summed E-state index contributed by atoms with van der Waals surface area (Å²) in [6, 6.07) is 5.70. The normalized spacial score (nSPS) is 11.0. The van der Waals surface area contributed by atoms with E-state index >= 15 is 0 Å². The molecule has 8 heteroatoms. The average Bonchev–Trinajstić information content (AvgIpc) is 2.86. The van der Waals surface area contributed by atoms with E-state index in [2.05, 4.69) is 10.3 Å². The first-order valence-corrected chi connectivity index (χ1v) is 8.28. The second kappa shape index (κ2) is 6.33. The van der Waals surface area contributed by atoms with Gasteiger partial charge in [-0.3, -0.25) is 9.59 Å². The van der Waals surface area contributed by atoms with E-state index in [-0.39, 0.29) is 23.6 Å². The van der Waals surface area contributed by atoms with Crippen LogP contribution in [0.1, 0.15) is 26.6 Å². The number of hydrogen-bond acceptors (Lipinski definition) is 4. The monoisotopic (exact) mass is 365 g/mol. The van der Waals surface area contributed by atoms with Gasteiger partial charge in [-0.05, 0) is 24.6 Å². The molecule has 0 spiro atoms. The lowest BCUT2D eigenvalue weighted by atomic mass is 10.1. The van der Waals surface area contributed by atoms with Gasteiger partial charge in [-0.25, -0.2) is 13.8 Å². The number of carbonyl (C=O) groups excluding carboxylic acids is 1. The molecular formula is C16H13ClFN3O2S. The van der Waals surface area contributed by atoms with Gasteiger partial charge in [0.1, 0.15) is 11.5 Å². The molecule has 0 aliphatic heterocycles. The Labute approximate surface area is 145 Å². The van der Waals surface area contributed by atoms with Crippen molar-refractivity contribution in [3.05, 3.63) is 67.3 Å². The van der Waals surface area contributed by atoms with E-state index in [9.17, 15) is 14.0 Å². The summed E-state index contributed by atoms with van der Waals surface area (Å²) in [5, 5.41) is 2.82. The molecule has 0 unspecified atom stereocenters. The Morgan fingerprint density at radius 3 is 2.83 bits per heavy atom. The fourth-order valence-electron chi connectivity index (χ4n) is 2.45. The van der Waals surface area contributed by atoms with Crippen molar-refractivity contribution in [1.29, 1.82) is 0 Å². The van der Waals surface area contributed by atoms with E-state index in [4.69, 9.17) is 11.6 Å². The van der Waals surface area contributed by atoms with E-state index in [1.807, 2.05) is 0 Å². The Hall–Kier alpha value is -2.25. The molecule has 5 nitrogen and oxygen atoms in total. The molecule has 0 aliphatic rings. The molecule has 0 fully saturated rings. The van der Waals surface area contributed by atoms with Crippen LogP contribution in [0.5, 0.6) is 0 Å². The summed E-state index contributed by atoms with van der Waals surface area (Å²) in [6.45, 7) is 1.75. The minimum atomic E-state index is -0.446. The number of hydrogen-bond donors (Lipinski definition) is 1. The van der Waals surface area contributed by atoms with Crippen LogP contribution in [0.25, 0.3) is 4.96 Å². The molecule has 2 aromatic heterocycles. The molecule has 1 N–H and O–H groups in total. The topological polar surface area (TPSA) is 63.5 Å². The molecule has 0 aliphatic carbocycles. The fraction of sp³-hybridized carbons (Fsp3) is 0.188. The first-order valence-electron chi connectivity index (χ1n) is 7.08. The summed E-state index contributed by atoms with van der Waals surface area (Å²) < 4.78 is 15.2. The van der Waals surface area contributed by atoms with Crippen LogP contribution in [-0.2, 0) is 6.42 Å². The van der Waals surface area contributed by atoms with Gasteiger partial charge in [0.25, 0.3) is 11.5 Å². The third-order valence-corrected chi connectivity index (χ3v) is 4.76. The number of nitrogens with one attached hydrogen (secondary N) is 1. The molecule has 0 saturated heterocycles. The summed E-state index contributed by atoms with van der Waals surface area (Å²) in [6.07, 6.45) is 0.168. The van der Waals surface area contributed by atoms with Crippen molar-refractivity contribution in [2.45, 2.75) is 13.3 Å². The van der Waals surface area contributed by atoms with Crippen LogP contribution in [0.2, 0.25) is 5.02 Å². The molecule has 2 heterocycles. The van der Waals surface area contributed by atoms with Crippen LogP contribution >= 0.6 is 22.9 Å². The Morgan fingerprint density at radius 2 is 2.17 bits per heavy atom. The number of fused-ring (bicyclic) bond motifs is 1. The van der Waals surface area contributed by atoms with E-state index < -0.39 is 5.82 Å². The Bertz CT molecular complexity index is 1010. The predicted octanol–water partition coefficient (Wildman–Crippen LogP) is 2.81. The Balaban J connectivity index is 2.09. The summed E-state index contributed by atoms with van der Waals surface area (Å²) in [5.74, 6) is -0.794. The third kappa shape index (κ3) is 2.92. The van der Waals surface area contributed by atoms with Crippen molar-refractivity contribution in [2.75, 3.05) is 7.05 Å². The van der Waals surface area contributed by atoms with Crippen LogP contribution in [0, 0.1) is 12.7 Å². The largest absolute Gasteiger partial charge is 0.354 e. The quantitative estimate of drug-likeness (QED) is 0.776. The van der Waals surface area contributed by atoms with Crippen LogP contribution in [0.3, 0.4) is 0 Å². The van der Waals surface area contributed by atoms with Crippen LogP contribution in [-0.4, -0.2) is 22.3 Å². The smallest absolute Gasteiger partial charge is 0.269 e. The van der Waals surface area contributed by atoms with Crippen LogP contribution in [0.15, 0.2) is 29.1 Å². The van der Waals surface area contributed by atoms with E-state index in [1.165, 1.54) is 34.9 Å². The number of amides is 1. The van der Waals surface area contributed by atoms with Gasteiger partial charge in [0.05, 0.1) is 5.69 Å². The van der Waals surface area contributed by atoms with E-state index in [0.29, 0.717) is 26.1 Å². The molecule has 0 atom stereocenters. The third-order valence-electron chi connectivity index (χ3n) is 3.57. The molecule has 124 valence electrons. The van der Waals surface area contributed by atoms with Gasteiger partial charge in [-0.15, -0.1) is 11.3 Å². The second-order valence-electron chi connectivity index (χ2n) is 5.20. The van der Waals surface area contributed by atoms with Crippen LogP contribution in [0.4, 0.5) is 4.39 Å². The van der Waals surface area contributed by atoms with E-state index in [0.717, 1.165) is 0 Å². The number of aryl methyl sites for hydroxylation is 1. The number of thiazole rings is 1. The first-order chi connectivity index (χ1) is 11.4. The zero-order valence-electron chi connectivity index (χ0n) is 12.9. The van der Waals surface area contributed by atoms with Crippen molar-refractivity contribution in [3.8, 4) is 0 Å². The number of benzene rings is 1. The maximum atomic E-state index is 13.9. The summed E-state index contributed by atoms with van der Waals surface area (Å²) in [7, 11) is 1.50. The highest BCUT2D eigenvalue weighted by atomic mass is 35.5. The number of halogens is 2. The molecule has 3 rings (SSSR count). The molecule has 0 bridgehead atoms. The summed E-state index contributed by atoms with van der Waals surface area (Å²) in [5.41, 5.74) is 0.743. The highest BCUT2D eigenvalue weighted by Crippen LogP contribution is 2.21. The van der Waals surface area contributed by atoms with Crippen molar-refractivity contribution >= 4 is 33.8 Å². The van der Waals surface area contributed by atoms with Gasteiger partial charge in [-0.2, -0.15) is 0 Å². The first kappa shape index (κ1) is 16.6. The standard InChI is InChI=1S/C16H13ClFN3O2S/c1-8-14(15(23)19-2)21-13(22)7-11(20-16(21)24-8)5-9-3-4-10(17)6-12(9)18/h3-4,6-7H,5H2,1-2H3,(H,19,23). The van der Waals surface area contributed by atoms with Crippen molar-refractivity contribution in [3.63, 3.8) is 0 Å². The number of rotatable bonds is 3. The number of nitrogens with zero attached hydrogens (tertiary/aromatic N) is 2. The number of carbonyl (C=O) groups is 1.